The zero-order chi connectivity index (χ0) is 28.4. The average Bonchev–Trinajstić information content (AvgIpc) is 2.99. The van der Waals surface area contributed by atoms with Crippen molar-refractivity contribution in [1.29, 1.82) is 0 Å². The fourth-order valence-electron chi connectivity index (χ4n) is 5.13. The Labute approximate surface area is 243 Å². The van der Waals surface area contributed by atoms with Gasteiger partial charge in [-0.1, -0.05) is 121 Å². The lowest BCUT2D eigenvalue weighted by Gasteiger charge is -2.14. The smallest absolute Gasteiger partial charge is 0.344 e. The second kappa shape index (κ2) is 18.3. The highest BCUT2D eigenvalue weighted by atomic mass is 16.5. The van der Waals surface area contributed by atoms with Crippen molar-refractivity contribution in [2.45, 2.75) is 104 Å². The van der Waals surface area contributed by atoms with Crippen LogP contribution in [0.3, 0.4) is 0 Å². The maximum atomic E-state index is 13.4. The van der Waals surface area contributed by atoms with Crippen LogP contribution in [0.2, 0.25) is 0 Å². The van der Waals surface area contributed by atoms with Gasteiger partial charge in [-0.3, -0.25) is 0 Å². The summed E-state index contributed by atoms with van der Waals surface area (Å²) in [5.41, 5.74) is 3.64. The van der Waals surface area contributed by atoms with Crippen LogP contribution < -0.4 is 9.47 Å². The van der Waals surface area contributed by atoms with Crippen molar-refractivity contribution < 1.29 is 14.3 Å². The van der Waals surface area contributed by atoms with Gasteiger partial charge < -0.3 is 9.47 Å². The SMILES string of the molecule is CCCCCCCCc1ccc(OC(=O)c2cc(OCCCC[C@@H](C)CCCC)ccc2-c2ccccc2)cc1. The molecule has 0 fully saturated rings. The number of carbonyl (C=O) groups excluding carboxylic acids is 1. The molecule has 0 saturated heterocycles. The Hall–Kier alpha value is -3.07. The van der Waals surface area contributed by atoms with Gasteiger partial charge in [-0.15, -0.1) is 0 Å². The van der Waals surface area contributed by atoms with Gasteiger partial charge in [-0.2, -0.15) is 0 Å². The Morgan fingerprint density at radius 1 is 0.700 bits per heavy atom. The summed E-state index contributed by atoms with van der Waals surface area (Å²) in [4.78, 5) is 13.4. The lowest BCUT2D eigenvalue weighted by atomic mass is 9.98. The Bertz CT molecular complexity index is 1100. The standard InChI is InChI=1S/C37H50O3/c1-4-6-8-9-10-12-19-31-22-24-33(25-23-31)40-37(38)36-29-34(26-27-35(36)32-20-13-11-14-21-32)39-28-16-15-18-30(3)17-7-5-2/h11,13-14,20-27,29-30H,4-10,12,15-19,28H2,1-3H3/t30-/m0/s1. The van der Waals surface area contributed by atoms with Crippen LogP contribution in [-0.2, 0) is 6.42 Å². The van der Waals surface area contributed by atoms with E-state index < -0.39 is 0 Å². The van der Waals surface area contributed by atoms with Crippen LogP contribution in [0.25, 0.3) is 11.1 Å². The number of carbonyl (C=O) groups is 1. The van der Waals surface area contributed by atoms with E-state index in [-0.39, 0.29) is 5.97 Å². The monoisotopic (exact) mass is 542 g/mol. The summed E-state index contributed by atoms with van der Waals surface area (Å²) in [7, 11) is 0. The minimum absolute atomic E-state index is 0.363. The molecule has 0 aliphatic carbocycles. The number of ether oxygens (including phenoxy) is 2. The van der Waals surface area contributed by atoms with Crippen molar-refractivity contribution in [2.24, 2.45) is 5.92 Å². The first-order valence-corrected chi connectivity index (χ1v) is 15.7. The minimum Gasteiger partial charge on any atom is -0.494 e. The first-order chi connectivity index (χ1) is 19.6. The van der Waals surface area contributed by atoms with Gasteiger partial charge in [0, 0.05) is 0 Å². The fraction of sp³-hybridized carbons (Fsp3) is 0.486. The maximum Gasteiger partial charge on any atom is 0.344 e. The number of hydrogen-bond donors (Lipinski definition) is 0. The van der Waals surface area contributed by atoms with E-state index in [9.17, 15) is 4.79 Å². The summed E-state index contributed by atoms with van der Waals surface area (Å²) >= 11 is 0. The summed E-state index contributed by atoms with van der Waals surface area (Å²) in [6.07, 6.45) is 16.1. The summed E-state index contributed by atoms with van der Waals surface area (Å²) < 4.78 is 11.9. The second-order valence-corrected chi connectivity index (χ2v) is 11.2. The predicted molar refractivity (Wildman–Crippen MR) is 168 cm³/mol. The van der Waals surface area contributed by atoms with Crippen LogP contribution >= 0.6 is 0 Å². The zero-order valence-electron chi connectivity index (χ0n) is 25.1. The minimum atomic E-state index is -0.363. The van der Waals surface area contributed by atoms with Gasteiger partial charge in [0.05, 0.1) is 12.2 Å². The summed E-state index contributed by atoms with van der Waals surface area (Å²) in [5, 5.41) is 0. The predicted octanol–water partition coefficient (Wildman–Crippen LogP) is 10.9. The van der Waals surface area contributed by atoms with Crippen LogP contribution in [0.1, 0.15) is 114 Å². The van der Waals surface area contributed by atoms with Gasteiger partial charge >= 0.3 is 5.97 Å². The van der Waals surface area contributed by atoms with E-state index in [1.165, 1.54) is 69.8 Å². The molecule has 0 bridgehead atoms. The molecular weight excluding hydrogens is 492 g/mol. The quantitative estimate of drug-likeness (QED) is 0.0858. The molecule has 0 heterocycles. The molecule has 0 spiro atoms. The molecule has 216 valence electrons. The molecule has 3 nitrogen and oxygen atoms in total. The van der Waals surface area contributed by atoms with E-state index in [1.54, 1.807) is 0 Å². The number of aryl methyl sites for hydroxylation is 1. The molecule has 1 atom stereocenters. The Kier molecular flexibility index (Phi) is 14.4. The summed E-state index contributed by atoms with van der Waals surface area (Å²) in [6.45, 7) is 7.50. The first-order valence-electron chi connectivity index (χ1n) is 15.7. The highest BCUT2D eigenvalue weighted by Crippen LogP contribution is 2.29. The maximum absolute atomic E-state index is 13.4. The van der Waals surface area contributed by atoms with Crippen molar-refractivity contribution in [3.63, 3.8) is 0 Å². The lowest BCUT2D eigenvalue weighted by molar-refractivity contribution is 0.0735. The third kappa shape index (κ3) is 11.2. The van der Waals surface area contributed by atoms with Gasteiger partial charge in [0.1, 0.15) is 11.5 Å². The molecule has 0 N–H and O–H groups in total. The molecule has 0 aliphatic heterocycles. The molecular formula is C37H50O3. The Balaban J connectivity index is 1.59. The van der Waals surface area contributed by atoms with E-state index in [0.29, 0.717) is 23.7 Å². The molecule has 0 unspecified atom stereocenters. The van der Waals surface area contributed by atoms with Crippen molar-refractivity contribution in [3.8, 4) is 22.6 Å². The molecule has 0 aliphatic rings. The van der Waals surface area contributed by atoms with E-state index >= 15 is 0 Å². The molecule has 3 aromatic carbocycles. The van der Waals surface area contributed by atoms with Crippen LogP contribution in [0, 0.1) is 5.92 Å². The number of rotatable bonds is 19. The van der Waals surface area contributed by atoms with Gasteiger partial charge in [-0.05, 0) is 78.6 Å². The van der Waals surface area contributed by atoms with Gasteiger partial charge in [0.15, 0.2) is 0 Å². The highest BCUT2D eigenvalue weighted by molar-refractivity contribution is 5.99. The highest BCUT2D eigenvalue weighted by Gasteiger charge is 2.17. The second-order valence-electron chi connectivity index (χ2n) is 11.2. The van der Waals surface area contributed by atoms with Crippen LogP contribution in [0.5, 0.6) is 11.5 Å². The fourth-order valence-corrected chi connectivity index (χ4v) is 5.13. The number of hydrogen-bond acceptors (Lipinski definition) is 3. The van der Waals surface area contributed by atoms with Crippen LogP contribution in [0.15, 0.2) is 72.8 Å². The van der Waals surface area contributed by atoms with E-state index in [1.807, 2.05) is 60.7 Å². The number of esters is 1. The number of benzene rings is 3. The summed E-state index contributed by atoms with van der Waals surface area (Å²) in [5.74, 6) is 1.69. The van der Waals surface area contributed by atoms with Gasteiger partial charge in [0.2, 0.25) is 0 Å². The largest absolute Gasteiger partial charge is 0.494 e. The molecule has 0 aromatic heterocycles. The van der Waals surface area contributed by atoms with E-state index in [0.717, 1.165) is 36.3 Å². The Morgan fingerprint density at radius 2 is 1.38 bits per heavy atom. The molecule has 40 heavy (non-hydrogen) atoms. The van der Waals surface area contributed by atoms with Crippen molar-refractivity contribution >= 4 is 5.97 Å². The van der Waals surface area contributed by atoms with Crippen molar-refractivity contribution in [1.82, 2.24) is 0 Å². The third-order valence-corrected chi connectivity index (χ3v) is 7.66. The molecule has 0 amide bonds. The first kappa shape index (κ1) is 31.5. The molecule has 0 radical (unpaired) electrons. The Morgan fingerprint density at radius 3 is 2.12 bits per heavy atom. The number of unbranched alkanes of at least 4 members (excludes halogenated alkanes) is 7. The average molecular weight is 543 g/mol. The molecule has 3 rings (SSSR count). The molecule has 0 saturated carbocycles. The lowest BCUT2D eigenvalue weighted by Crippen LogP contribution is -2.11. The normalized spacial score (nSPS) is 11.8. The third-order valence-electron chi connectivity index (χ3n) is 7.66. The van der Waals surface area contributed by atoms with E-state index in [2.05, 4.69) is 32.9 Å². The van der Waals surface area contributed by atoms with Gasteiger partial charge in [0.25, 0.3) is 0 Å². The van der Waals surface area contributed by atoms with E-state index in [4.69, 9.17) is 9.47 Å². The zero-order valence-corrected chi connectivity index (χ0v) is 25.1. The van der Waals surface area contributed by atoms with Crippen LogP contribution in [0.4, 0.5) is 0 Å². The molecule has 3 heteroatoms. The van der Waals surface area contributed by atoms with Gasteiger partial charge in [-0.25, -0.2) is 4.79 Å². The molecule has 3 aromatic rings. The summed E-state index contributed by atoms with van der Waals surface area (Å²) in [6, 6.07) is 23.7. The van der Waals surface area contributed by atoms with Crippen LogP contribution in [-0.4, -0.2) is 12.6 Å². The van der Waals surface area contributed by atoms with Crippen molar-refractivity contribution in [2.75, 3.05) is 6.61 Å². The topological polar surface area (TPSA) is 35.5 Å². The van der Waals surface area contributed by atoms with Crippen molar-refractivity contribution in [3.05, 3.63) is 83.9 Å².